The van der Waals surface area contributed by atoms with E-state index < -0.39 is 0 Å². The standard InChI is InChI=1S/C12H15ClN2/c1-14-7-6-9-4-3-5-10-11(13)8-15(2)12(9)10/h3-5,8,14H,6-7H2,1-2H3. The average Bonchev–Trinajstić information content (AvgIpc) is 2.53. The van der Waals surface area contributed by atoms with Gasteiger partial charge >= 0.3 is 0 Å². The van der Waals surface area contributed by atoms with E-state index in [2.05, 4.69) is 28.1 Å². The highest BCUT2D eigenvalue weighted by atomic mass is 35.5. The predicted octanol–water partition coefficient (Wildman–Crippen LogP) is 2.59. The van der Waals surface area contributed by atoms with Crippen LogP contribution in [0.5, 0.6) is 0 Å². The van der Waals surface area contributed by atoms with Gasteiger partial charge in [-0.3, -0.25) is 0 Å². The van der Waals surface area contributed by atoms with E-state index in [0.717, 1.165) is 23.4 Å². The Bertz CT molecular complexity index is 474. The van der Waals surface area contributed by atoms with Crippen LogP contribution in [0.4, 0.5) is 0 Å². The molecular weight excluding hydrogens is 208 g/mol. The molecule has 0 amide bonds. The molecular formula is C12H15ClN2. The van der Waals surface area contributed by atoms with Crippen molar-refractivity contribution in [2.45, 2.75) is 6.42 Å². The third-order valence-electron chi connectivity index (χ3n) is 2.68. The lowest BCUT2D eigenvalue weighted by Crippen LogP contribution is -2.10. The second kappa shape index (κ2) is 4.25. The Hall–Kier alpha value is -0.990. The van der Waals surface area contributed by atoms with Crippen molar-refractivity contribution in [2.24, 2.45) is 7.05 Å². The minimum atomic E-state index is 0.832. The van der Waals surface area contributed by atoms with Crippen molar-refractivity contribution in [1.82, 2.24) is 9.88 Å². The zero-order chi connectivity index (χ0) is 10.8. The maximum atomic E-state index is 6.15. The van der Waals surface area contributed by atoms with Gasteiger partial charge in [0.05, 0.1) is 10.5 Å². The Morgan fingerprint density at radius 3 is 2.93 bits per heavy atom. The van der Waals surface area contributed by atoms with Gasteiger partial charge in [0.1, 0.15) is 0 Å². The number of para-hydroxylation sites is 1. The van der Waals surface area contributed by atoms with Gasteiger partial charge < -0.3 is 9.88 Å². The third-order valence-corrected chi connectivity index (χ3v) is 2.98. The number of fused-ring (bicyclic) bond motifs is 1. The molecule has 15 heavy (non-hydrogen) atoms. The van der Waals surface area contributed by atoms with Crippen molar-refractivity contribution in [3.8, 4) is 0 Å². The van der Waals surface area contributed by atoms with E-state index >= 15 is 0 Å². The van der Waals surface area contributed by atoms with E-state index in [1.165, 1.54) is 11.1 Å². The summed E-state index contributed by atoms with van der Waals surface area (Å²) in [6.45, 7) is 0.988. The monoisotopic (exact) mass is 222 g/mol. The number of hydrogen-bond acceptors (Lipinski definition) is 1. The first kappa shape index (κ1) is 10.5. The molecule has 3 heteroatoms. The number of aryl methyl sites for hydroxylation is 1. The van der Waals surface area contributed by atoms with Crippen LogP contribution in [-0.4, -0.2) is 18.2 Å². The van der Waals surface area contributed by atoms with Crippen LogP contribution in [0.15, 0.2) is 24.4 Å². The van der Waals surface area contributed by atoms with Crippen molar-refractivity contribution in [3.05, 3.63) is 35.0 Å². The molecule has 1 heterocycles. The number of nitrogens with zero attached hydrogens (tertiary/aromatic N) is 1. The molecule has 0 saturated heterocycles. The average molecular weight is 223 g/mol. The van der Waals surface area contributed by atoms with Gasteiger partial charge in [0, 0.05) is 18.6 Å². The summed E-state index contributed by atoms with van der Waals surface area (Å²) in [5, 5.41) is 5.14. The van der Waals surface area contributed by atoms with E-state index in [1.54, 1.807) is 0 Å². The van der Waals surface area contributed by atoms with Crippen molar-refractivity contribution in [1.29, 1.82) is 0 Å². The molecule has 0 saturated carbocycles. The lowest BCUT2D eigenvalue weighted by atomic mass is 10.1. The maximum absolute atomic E-state index is 6.15. The second-order valence-corrected chi connectivity index (χ2v) is 4.16. The van der Waals surface area contributed by atoms with Crippen LogP contribution in [0.1, 0.15) is 5.56 Å². The minimum absolute atomic E-state index is 0.832. The molecule has 0 bridgehead atoms. The fourth-order valence-electron chi connectivity index (χ4n) is 1.97. The van der Waals surface area contributed by atoms with Gasteiger partial charge in [0.25, 0.3) is 0 Å². The molecule has 0 fully saturated rings. The molecule has 0 unspecified atom stereocenters. The van der Waals surface area contributed by atoms with Crippen molar-refractivity contribution < 1.29 is 0 Å². The van der Waals surface area contributed by atoms with Gasteiger partial charge in [-0.15, -0.1) is 0 Å². The van der Waals surface area contributed by atoms with E-state index in [0.29, 0.717) is 0 Å². The lowest BCUT2D eigenvalue weighted by Gasteiger charge is -2.05. The Balaban J connectivity index is 2.54. The summed E-state index contributed by atoms with van der Waals surface area (Å²) >= 11 is 6.15. The Morgan fingerprint density at radius 2 is 2.20 bits per heavy atom. The first-order valence-corrected chi connectivity index (χ1v) is 5.49. The first-order valence-electron chi connectivity index (χ1n) is 5.11. The Kier molecular flexibility index (Phi) is 2.98. The number of benzene rings is 1. The number of rotatable bonds is 3. The molecule has 2 aromatic rings. The molecule has 2 rings (SSSR count). The molecule has 0 aliphatic heterocycles. The van der Waals surface area contributed by atoms with Crippen LogP contribution in [0.3, 0.4) is 0 Å². The van der Waals surface area contributed by atoms with Gasteiger partial charge in [-0.1, -0.05) is 29.8 Å². The van der Waals surface area contributed by atoms with Crippen LogP contribution in [0.2, 0.25) is 5.02 Å². The summed E-state index contributed by atoms with van der Waals surface area (Å²) in [4.78, 5) is 0. The fraction of sp³-hybridized carbons (Fsp3) is 0.333. The van der Waals surface area contributed by atoms with Gasteiger partial charge in [-0.05, 0) is 25.6 Å². The number of hydrogen-bond donors (Lipinski definition) is 1. The van der Waals surface area contributed by atoms with Crippen LogP contribution < -0.4 is 5.32 Å². The highest BCUT2D eigenvalue weighted by molar-refractivity contribution is 6.35. The normalized spacial score (nSPS) is 11.1. The SMILES string of the molecule is CNCCc1cccc2c(Cl)cn(C)c12. The van der Waals surface area contributed by atoms with Crippen molar-refractivity contribution in [3.63, 3.8) is 0 Å². The summed E-state index contributed by atoms with van der Waals surface area (Å²) in [6, 6.07) is 6.30. The van der Waals surface area contributed by atoms with E-state index in [-0.39, 0.29) is 0 Å². The summed E-state index contributed by atoms with van der Waals surface area (Å²) in [6.07, 6.45) is 3.00. The minimum Gasteiger partial charge on any atom is -0.349 e. The summed E-state index contributed by atoms with van der Waals surface area (Å²) in [7, 11) is 4.01. The summed E-state index contributed by atoms with van der Waals surface area (Å²) in [5.74, 6) is 0. The van der Waals surface area contributed by atoms with Gasteiger partial charge in [-0.2, -0.15) is 0 Å². The number of likely N-dealkylation sites (N-methyl/N-ethyl adjacent to an activating group) is 1. The van der Waals surface area contributed by atoms with Crippen LogP contribution in [0.25, 0.3) is 10.9 Å². The molecule has 0 aliphatic carbocycles. The molecule has 0 spiro atoms. The largest absolute Gasteiger partial charge is 0.349 e. The molecule has 0 aliphatic rings. The molecule has 2 nitrogen and oxygen atoms in total. The van der Waals surface area contributed by atoms with E-state index in [9.17, 15) is 0 Å². The van der Waals surface area contributed by atoms with Crippen molar-refractivity contribution in [2.75, 3.05) is 13.6 Å². The predicted molar refractivity (Wildman–Crippen MR) is 65.6 cm³/mol. The number of nitrogens with one attached hydrogen (secondary N) is 1. The van der Waals surface area contributed by atoms with Gasteiger partial charge in [0.2, 0.25) is 0 Å². The number of halogens is 1. The second-order valence-electron chi connectivity index (χ2n) is 3.75. The van der Waals surface area contributed by atoms with Gasteiger partial charge in [-0.25, -0.2) is 0 Å². The first-order chi connectivity index (χ1) is 7.24. The quantitative estimate of drug-likeness (QED) is 0.845. The van der Waals surface area contributed by atoms with E-state index in [4.69, 9.17) is 11.6 Å². The molecule has 1 N–H and O–H groups in total. The third kappa shape index (κ3) is 1.87. The zero-order valence-electron chi connectivity index (χ0n) is 9.05. The molecule has 80 valence electrons. The number of aromatic nitrogens is 1. The van der Waals surface area contributed by atoms with Crippen LogP contribution in [-0.2, 0) is 13.5 Å². The molecule has 1 aromatic heterocycles. The Morgan fingerprint density at radius 1 is 1.40 bits per heavy atom. The van der Waals surface area contributed by atoms with E-state index in [1.807, 2.05) is 20.3 Å². The molecule has 0 radical (unpaired) electrons. The lowest BCUT2D eigenvalue weighted by molar-refractivity contribution is 0.791. The highest BCUT2D eigenvalue weighted by Gasteiger charge is 2.07. The fourth-order valence-corrected chi connectivity index (χ4v) is 2.26. The van der Waals surface area contributed by atoms with Crippen LogP contribution in [0, 0.1) is 0 Å². The zero-order valence-corrected chi connectivity index (χ0v) is 9.80. The van der Waals surface area contributed by atoms with Crippen LogP contribution >= 0.6 is 11.6 Å². The summed E-state index contributed by atoms with van der Waals surface area (Å²) < 4.78 is 2.10. The topological polar surface area (TPSA) is 17.0 Å². The highest BCUT2D eigenvalue weighted by Crippen LogP contribution is 2.27. The maximum Gasteiger partial charge on any atom is 0.0661 e. The smallest absolute Gasteiger partial charge is 0.0661 e. The van der Waals surface area contributed by atoms with Gasteiger partial charge in [0.15, 0.2) is 0 Å². The van der Waals surface area contributed by atoms with Crippen molar-refractivity contribution >= 4 is 22.5 Å². The molecule has 1 aromatic carbocycles. The summed E-state index contributed by atoms with van der Waals surface area (Å²) in [5.41, 5.74) is 2.59. The molecule has 0 atom stereocenters. The Labute approximate surface area is 94.8 Å².